The van der Waals surface area contributed by atoms with Crippen LogP contribution in [0.25, 0.3) is 109 Å². The van der Waals surface area contributed by atoms with Crippen molar-refractivity contribution >= 4 is 64.8 Å². The maximum Gasteiger partial charge on any atom is 0.0722 e. The van der Waals surface area contributed by atoms with Gasteiger partial charge in [-0.15, -0.1) is 0 Å². The van der Waals surface area contributed by atoms with E-state index >= 15 is 0 Å². The molecule has 0 unspecified atom stereocenters. The molecule has 0 aliphatic heterocycles. The molecule has 1 aromatic heterocycles. The van der Waals surface area contributed by atoms with E-state index in [9.17, 15) is 0 Å². The Hall–Kier alpha value is -7.09. The van der Waals surface area contributed by atoms with Gasteiger partial charge in [0.05, 0.1) is 11.2 Å². The zero-order chi connectivity index (χ0) is 35.6. The number of aromatic nitrogens is 1. The van der Waals surface area contributed by atoms with Crippen LogP contribution >= 0.6 is 0 Å². The van der Waals surface area contributed by atoms with Gasteiger partial charge < -0.3 is 0 Å². The van der Waals surface area contributed by atoms with E-state index in [2.05, 4.69) is 200 Å². The highest BCUT2D eigenvalue weighted by molar-refractivity contribution is 6.30. The van der Waals surface area contributed by atoms with Crippen molar-refractivity contribution in [1.82, 2.24) is 4.98 Å². The summed E-state index contributed by atoms with van der Waals surface area (Å²) in [5.74, 6) is 0. The fourth-order valence-corrected chi connectivity index (χ4v) is 8.87. The van der Waals surface area contributed by atoms with Crippen LogP contribution in [0.1, 0.15) is 0 Å². The summed E-state index contributed by atoms with van der Waals surface area (Å²) in [6, 6.07) is 73.0. The summed E-state index contributed by atoms with van der Waals surface area (Å²) in [4.78, 5) is 5.25. The van der Waals surface area contributed by atoms with Crippen LogP contribution in [0, 0.1) is 0 Å². The van der Waals surface area contributed by atoms with Crippen LogP contribution in [0.2, 0.25) is 0 Å². The van der Waals surface area contributed by atoms with Gasteiger partial charge in [-0.25, -0.2) is 4.98 Å². The van der Waals surface area contributed by atoms with Crippen LogP contribution in [0.15, 0.2) is 200 Å². The summed E-state index contributed by atoms with van der Waals surface area (Å²) in [5, 5.41) is 13.4. The molecule has 250 valence electrons. The Morgan fingerprint density at radius 2 is 0.648 bits per heavy atom. The van der Waals surface area contributed by atoms with Gasteiger partial charge in [-0.1, -0.05) is 176 Å². The van der Waals surface area contributed by atoms with Gasteiger partial charge in [-0.3, -0.25) is 0 Å². The second-order valence-corrected chi connectivity index (χ2v) is 14.2. The van der Waals surface area contributed by atoms with E-state index in [1.807, 2.05) is 0 Å². The molecule has 11 aromatic rings. The van der Waals surface area contributed by atoms with Gasteiger partial charge in [0, 0.05) is 10.9 Å². The van der Waals surface area contributed by atoms with Crippen LogP contribution < -0.4 is 0 Å². The third-order valence-electron chi connectivity index (χ3n) is 11.2. The number of fused-ring (bicyclic) bond motifs is 6. The summed E-state index contributed by atoms with van der Waals surface area (Å²) in [6.07, 6.45) is 0. The molecule has 0 saturated carbocycles. The fourth-order valence-electron chi connectivity index (χ4n) is 8.87. The molecule has 1 heteroatoms. The Bertz CT molecular complexity index is 3150. The highest BCUT2D eigenvalue weighted by Gasteiger charge is 2.24. The van der Waals surface area contributed by atoms with Gasteiger partial charge in [0.2, 0.25) is 0 Å². The predicted molar refractivity (Wildman–Crippen MR) is 231 cm³/mol. The molecule has 11 rings (SSSR count). The maximum atomic E-state index is 5.25. The zero-order valence-electron chi connectivity index (χ0n) is 29.5. The van der Waals surface area contributed by atoms with Gasteiger partial charge in [0.1, 0.15) is 0 Å². The van der Waals surface area contributed by atoms with Crippen molar-refractivity contribution in [3.05, 3.63) is 200 Å². The molecular formula is C53H33N. The SMILES string of the molecule is c1ccc(-c2cc3ccccc3cc2-c2c3ccccc3c(-c3c4ccccc4c(-c4ccc5ccccc5n4)c4ccccc34)c3ccccc23)cc1. The summed E-state index contributed by atoms with van der Waals surface area (Å²) in [7, 11) is 0. The lowest BCUT2D eigenvalue weighted by molar-refractivity contribution is 1.42. The lowest BCUT2D eigenvalue weighted by Gasteiger charge is -2.23. The molecule has 0 atom stereocenters. The van der Waals surface area contributed by atoms with Crippen molar-refractivity contribution in [3.8, 4) is 44.6 Å². The van der Waals surface area contributed by atoms with Crippen LogP contribution in [0.4, 0.5) is 0 Å². The number of rotatable bonds is 4. The second kappa shape index (κ2) is 12.3. The van der Waals surface area contributed by atoms with E-state index in [1.165, 1.54) is 92.8 Å². The van der Waals surface area contributed by atoms with E-state index < -0.39 is 0 Å². The van der Waals surface area contributed by atoms with Gasteiger partial charge in [0.25, 0.3) is 0 Å². The minimum Gasteiger partial charge on any atom is -0.248 e. The molecule has 0 N–H and O–H groups in total. The lowest BCUT2D eigenvalue weighted by Crippen LogP contribution is -1.96. The quantitative estimate of drug-likeness (QED) is 0.168. The Kier molecular flexibility index (Phi) is 6.93. The molecule has 0 spiro atoms. The largest absolute Gasteiger partial charge is 0.248 e. The Morgan fingerprint density at radius 1 is 0.259 bits per heavy atom. The fraction of sp³-hybridized carbons (Fsp3) is 0. The van der Waals surface area contributed by atoms with E-state index in [-0.39, 0.29) is 0 Å². The van der Waals surface area contributed by atoms with Crippen LogP contribution in [0.3, 0.4) is 0 Å². The first-order valence-corrected chi connectivity index (χ1v) is 18.6. The first-order chi connectivity index (χ1) is 26.8. The van der Waals surface area contributed by atoms with Crippen molar-refractivity contribution in [1.29, 1.82) is 0 Å². The van der Waals surface area contributed by atoms with Gasteiger partial charge in [-0.2, -0.15) is 0 Å². The minimum atomic E-state index is 0.988. The Morgan fingerprint density at radius 3 is 1.17 bits per heavy atom. The summed E-state index contributed by atoms with van der Waals surface area (Å²) < 4.78 is 0. The average Bonchev–Trinajstić information content (AvgIpc) is 3.24. The lowest BCUT2D eigenvalue weighted by atomic mass is 9.80. The van der Waals surface area contributed by atoms with Crippen molar-refractivity contribution in [2.24, 2.45) is 0 Å². The number of nitrogens with zero attached hydrogens (tertiary/aromatic N) is 1. The van der Waals surface area contributed by atoms with Crippen LogP contribution in [0.5, 0.6) is 0 Å². The Balaban J connectivity index is 1.29. The standard InChI is InChI=1S/C53H33N/c1-2-16-34(17-3-1)46-32-36-19-4-5-20-37(36)33-47(46)50-38-21-7-11-25-42(38)52(43-26-12-8-22-39(43)50)53-44-27-13-9-23-40(44)51(41-24-10-14-28-45(41)53)49-31-30-35-18-6-15-29-48(35)54-49/h1-33H. The van der Waals surface area contributed by atoms with Crippen molar-refractivity contribution in [2.75, 3.05) is 0 Å². The highest BCUT2D eigenvalue weighted by atomic mass is 14.7. The van der Waals surface area contributed by atoms with Crippen LogP contribution in [-0.4, -0.2) is 4.98 Å². The van der Waals surface area contributed by atoms with Crippen molar-refractivity contribution < 1.29 is 0 Å². The summed E-state index contributed by atoms with van der Waals surface area (Å²) >= 11 is 0. The number of para-hydroxylation sites is 1. The number of hydrogen-bond acceptors (Lipinski definition) is 1. The van der Waals surface area contributed by atoms with E-state index in [1.54, 1.807) is 0 Å². The average molecular weight is 684 g/mol. The van der Waals surface area contributed by atoms with E-state index in [0.29, 0.717) is 0 Å². The van der Waals surface area contributed by atoms with Crippen molar-refractivity contribution in [2.45, 2.75) is 0 Å². The van der Waals surface area contributed by atoms with Gasteiger partial charge >= 0.3 is 0 Å². The van der Waals surface area contributed by atoms with Crippen LogP contribution in [-0.2, 0) is 0 Å². The number of hydrogen-bond donors (Lipinski definition) is 0. The molecule has 0 aliphatic carbocycles. The number of benzene rings is 10. The topological polar surface area (TPSA) is 12.9 Å². The maximum absolute atomic E-state index is 5.25. The molecule has 0 bridgehead atoms. The molecule has 0 radical (unpaired) electrons. The molecule has 0 fully saturated rings. The minimum absolute atomic E-state index is 0.988. The molecule has 10 aromatic carbocycles. The van der Waals surface area contributed by atoms with E-state index in [0.717, 1.165) is 16.6 Å². The monoisotopic (exact) mass is 683 g/mol. The molecule has 0 aliphatic rings. The van der Waals surface area contributed by atoms with Crippen molar-refractivity contribution in [3.63, 3.8) is 0 Å². The third-order valence-corrected chi connectivity index (χ3v) is 11.2. The molecular weight excluding hydrogens is 651 g/mol. The first kappa shape index (κ1) is 30.5. The summed E-state index contributed by atoms with van der Waals surface area (Å²) in [6.45, 7) is 0. The first-order valence-electron chi connectivity index (χ1n) is 18.6. The second-order valence-electron chi connectivity index (χ2n) is 14.2. The number of pyridine rings is 1. The Labute approximate surface area is 313 Å². The van der Waals surface area contributed by atoms with E-state index in [4.69, 9.17) is 4.98 Å². The molecule has 0 amide bonds. The third kappa shape index (κ3) is 4.69. The molecule has 54 heavy (non-hydrogen) atoms. The zero-order valence-corrected chi connectivity index (χ0v) is 29.5. The molecule has 1 nitrogen and oxygen atoms in total. The highest BCUT2D eigenvalue weighted by Crippen LogP contribution is 2.51. The summed E-state index contributed by atoms with van der Waals surface area (Å²) in [5.41, 5.74) is 10.6. The molecule has 1 heterocycles. The molecule has 0 saturated heterocycles. The van der Waals surface area contributed by atoms with Gasteiger partial charge in [0.15, 0.2) is 0 Å². The van der Waals surface area contributed by atoms with Gasteiger partial charge in [-0.05, 0) is 112 Å². The smallest absolute Gasteiger partial charge is 0.0722 e. The normalized spacial score (nSPS) is 11.7. The predicted octanol–water partition coefficient (Wildman–Crippen LogP) is 14.7.